The van der Waals surface area contributed by atoms with Gasteiger partial charge in [-0.1, -0.05) is 0 Å². The van der Waals surface area contributed by atoms with E-state index in [0.717, 1.165) is 31.0 Å². The van der Waals surface area contributed by atoms with Crippen LogP contribution in [0.5, 0.6) is 0 Å². The zero-order chi connectivity index (χ0) is 19.9. The Labute approximate surface area is 161 Å². The summed E-state index contributed by atoms with van der Waals surface area (Å²) in [5.41, 5.74) is 0. The number of hydrogen-bond acceptors (Lipinski definition) is 7. The van der Waals surface area contributed by atoms with Crippen LogP contribution < -0.4 is 0 Å². The molecule has 1 fully saturated rings. The number of aromatic nitrogens is 5. The summed E-state index contributed by atoms with van der Waals surface area (Å²) < 4.78 is 46.2. The van der Waals surface area contributed by atoms with Gasteiger partial charge in [-0.05, 0) is 38.8 Å². The molecule has 0 bridgehead atoms. The molecular weight excluding hydrogens is 385 g/mol. The quantitative estimate of drug-likeness (QED) is 0.595. The zero-order valence-corrected chi connectivity index (χ0v) is 16.4. The van der Waals surface area contributed by atoms with E-state index in [1.807, 2.05) is 23.6 Å². The molecular formula is C18H20FN5O3S. The van der Waals surface area contributed by atoms with Crippen LogP contribution in [0.1, 0.15) is 43.2 Å². The molecule has 0 amide bonds. The van der Waals surface area contributed by atoms with Crippen LogP contribution in [0.4, 0.5) is 4.39 Å². The Morgan fingerprint density at radius 1 is 1.25 bits per heavy atom. The van der Waals surface area contributed by atoms with Crippen molar-refractivity contribution in [1.29, 1.82) is 0 Å². The Morgan fingerprint density at radius 2 is 1.96 bits per heavy atom. The van der Waals surface area contributed by atoms with Gasteiger partial charge in [-0.15, -0.1) is 10.2 Å². The van der Waals surface area contributed by atoms with Crippen LogP contribution in [-0.4, -0.2) is 38.4 Å². The monoisotopic (exact) mass is 405 g/mol. The Bertz CT molecular complexity index is 1090. The van der Waals surface area contributed by atoms with Gasteiger partial charge in [0.1, 0.15) is 23.2 Å². The van der Waals surface area contributed by atoms with Gasteiger partial charge in [-0.3, -0.25) is 0 Å². The topological polar surface area (TPSA) is 104 Å². The maximum atomic E-state index is 12.9. The fourth-order valence-corrected chi connectivity index (χ4v) is 4.26. The standard InChI is InChI=1S/C18H20FN5O3S/c1-11-3-6-15(27-11)18-23-22-17(24(18)14-4-5-14)10-28(25,26)12(2)7-16-20-8-13(19)9-21-16/h3,6,8-9,12,14H,4-5,7,10H2,1-2H3/t12-/m0/s1. The van der Waals surface area contributed by atoms with E-state index in [4.69, 9.17) is 4.42 Å². The van der Waals surface area contributed by atoms with E-state index in [1.165, 1.54) is 0 Å². The first-order chi connectivity index (χ1) is 13.3. The molecule has 8 nitrogen and oxygen atoms in total. The molecule has 3 aromatic heterocycles. The molecule has 1 aliphatic carbocycles. The summed E-state index contributed by atoms with van der Waals surface area (Å²) in [6.45, 7) is 3.43. The molecule has 4 rings (SSSR count). The smallest absolute Gasteiger partial charge is 0.200 e. The molecule has 1 aliphatic rings. The maximum Gasteiger partial charge on any atom is 0.200 e. The van der Waals surface area contributed by atoms with Gasteiger partial charge >= 0.3 is 0 Å². The molecule has 10 heteroatoms. The van der Waals surface area contributed by atoms with Crippen molar-refractivity contribution in [3.8, 4) is 11.6 Å². The van der Waals surface area contributed by atoms with Crippen LogP contribution in [0, 0.1) is 12.7 Å². The highest BCUT2D eigenvalue weighted by molar-refractivity contribution is 7.91. The number of hydrogen-bond donors (Lipinski definition) is 0. The molecule has 148 valence electrons. The van der Waals surface area contributed by atoms with Crippen molar-refractivity contribution in [2.24, 2.45) is 0 Å². The number of sulfone groups is 1. The van der Waals surface area contributed by atoms with Crippen molar-refractivity contribution in [2.75, 3.05) is 0 Å². The van der Waals surface area contributed by atoms with Crippen LogP contribution in [0.2, 0.25) is 0 Å². The van der Waals surface area contributed by atoms with Crippen LogP contribution >= 0.6 is 0 Å². The predicted molar refractivity (Wildman–Crippen MR) is 98.5 cm³/mol. The molecule has 0 aliphatic heterocycles. The van der Waals surface area contributed by atoms with Crippen molar-refractivity contribution in [3.05, 3.63) is 47.8 Å². The van der Waals surface area contributed by atoms with E-state index >= 15 is 0 Å². The van der Waals surface area contributed by atoms with Crippen LogP contribution in [-0.2, 0) is 22.0 Å². The Balaban J connectivity index is 1.57. The summed E-state index contributed by atoms with van der Waals surface area (Å²) in [4.78, 5) is 7.69. The van der Waals surface area contributed by atoms with Crippen molar-refractivity contribution in [1.82, 2.24) is 24.7 Å². The highest BCUT2D eigenvalue weighted by Gasteiger charge is 2.33. The molecule has 0 unspecified atom stereocenters. The molecule has 0 N–H and O–H groups in total. The first kappa shape index (κ1) is 18.7. The molecule has 28 heavy (non-hydrogen) atoms. The molecule has 1 atom stereocenters. The summed E-state index contributed by atoms with van der Waals surface area (Å²) in [7, 11) is -3.54. The van der Waals surface area contributed by atoms with E-state index in [0.29, 0.717) is 17.4 Å². The van der Waals surface area contributed by atoms with Gasteiger partial charge in [0.05, 0.1) is 17.6 Å². The van der Waals surface area contributed by atoms with Gasteiger partial charge < -0.3 is 8.98 Å². The third kappa shape index (κ3) is 3.82. The second-order valence-electron chi connectivity index (χ2n) is 7.09. The lowest BCUT2D eigenvalue weighted by Crippen LogP contribution is -2.24. The minimum atomic E-state index is -3.54. The van der Waals surface area contributed by atoms with Crippen LogP contribution in [0.15, 0.2) is 28.9 Å². The van der Waals surface area contributed by atoms with Crippen LogP contribution in [0.3, 0.4) is 0 Å². The van der Waals surface area contributed by atoms with Gasteiger partial charge in [0.25, 0.3) is 0 Å². The van der Waals surface area contributed by atoms with Crippen molar-refractivity contribution >= 4 is 9.84 Å². The van der Waals surface area contributed by atoms with Gasteiger partial charge in [0.2, 0.25) is 0 Å². The minimum absolute atomic E-state index is 0.102. The number of furan rings is 1. The molecule has 0 aromatic carbocycles. The second kappa shape index (κ2) is 7.08. The third-order valence-corrected chi connectivity index (χ3v) is 6.78. The minimum Gasteiger partial charge on any atom is -0.458 e. The number of aryl methyl sites for hydroxylation is 1. The summed E-state index contributed by atoms with van der Waals surface area (Å²) >= 11 is 0. The summed E-state index contributed by atoms with van der Waals surface area (Å²) in [5, 5.41) is 7.59. The van der Waals surface area contributed by atoms with Crippen molar-refractivity contribution < 1.29 is 17.2 Å². The number of nitrogens with zero attached hydrogens (tertiary/aromatic N) is 5. The second-order valence-corrected chi connectivity index (χ2v) is 9.51. The molecule has 1 saturated carbocycles. The molecule has 0 spiro atoms. The average Bonchev–Trinajstić information content (AvgIpc) is 3.26. The van der Waals surface area contributed by atoms with Crippen LogP contribution in [0.25, 0.3) is 11.6 Å². The van der Waals surface area contributed by atoms with E-state index in [-0.39, 0.29) is 24.0 Å². The van der Waals surface area contributed by atoms with Gasteiger partial charge in [0, 0.05) is 12.5 Å². The van der Waals surface area contributed by atoms with E-state index in [2.05, 4.69) is 20.2 Å². The SMILES string of the molecule is Cc1ccc(-c2nnc(CS(=O)(=O)[C@@H](C)Cc3ncc(F)cn3)n2C2CC2)o1. The fraction of sp³-hybridized carbons (Fsp3) is 0.444. The van der Waals surface area contributed by atoms with E-state index in [1.54, 1.807) is 6.92 Å². The van der Waals surface area contributed by atoms with Crippen molar-refractivity contribution in [2.45, 2.75) is 50.2 Å². The Morgan fingerprint density at radius 3 is 2.57 bits per heavy atom. The summed E-state index contributed by atoms with van der Waals surface area (Å²) in [5.74, 6) is 1.77. The Kier molecular flexibility index (Phi) is 4.74. The molecule has 0 saturated heterocycles. The fourth-order valence-electron chi connectivity index (χ4n) is 3.01. The highest BCUT2D eigenvalue weighted by atomic mass is 32.2. The van der Waals surface area contributed by atoms with Crippen molar-refractivity contribution in [3.63, 3.8) is 0 Å². The lowest BCUT2D eigenvalue weighted by atomic mass is 10.3. The van der Waals surface area contributed by atoms with Gasteiger partial charge in [-0.25, -0.2) is 22.8 Å². The predicted octanol–water partition coefficient (Wildman–Crippen LogP) is 2.66. The van der Waals surface area contributed by atoms with Gasteiger partial charge in [0.15, 0.2) is 27.2 Å². The first-order valence-corrected chi connectivity index (χ1v) is 10.7. The average molecular weight is 405 g/mol. The zero-order valence-electron chi connectivity index (χ0n) is 15.5. The lowest BCUT2D eigenvalue weighted by molar-refractivity contribution is 0.536. The van der Waals surface area contributed by atoms with E-state index < -0.39 is 20.9 Å². The molecule has 3 aromatic rings. The van der Waals surface area contributed by atoms with Gasteiger partial charge in [-0.2, -0.15) is 0 Å². The third-order valence-electron chi connectivity index (χ3n) is 4.73. The largest absolute Gasteiger partial charge is 0.458 e. The normalized spacial score (nSPS) is 15.7. The molecule has 3 heterocycles. The summed E-state index contributed by atoms with van der Waals surface area (Å²) in [6.07, 6.45) is 4.07. The van der Waals surface area contributed by atoms with E-state index in [9.17, 15) is 12.8 Å². The highest BCUT2D eigenvalue weighted by Crippen LogP contribution is 2.39. The lowest BCUT2D eigenvalue weighted by Gasteiger charge is -2.13. The number of halogens is 1. The number of rotatable bonds is 7. The Hall–Kier alpha value is -2.62. The first-order valence-electron chi connectivity index (χ1n) is 9.02. The maximum absolute atomic E-state index is 12.9. The summed E-state index contributed by atoms with van der Waals surface area (Å²) in [6, 6.07) is 3.84. The molecule has 0 radical (unpaired) electrons.